The number of benzene rings is 1. The largest absolute Gasteiger partial charge is 0.497 e. The molecule has 1 aromatic carbocycles. The van der Waals surface area contributed by atoms with Gasteiger partial charge in [-0.25, -0.2) is 4.99 Å². The van der Waals surface area contributed by atoms with E-state index in [0.29, 0.717) is 12.6 Å². The summed E-state index contributed by atoms with van der Waals surface area (Å²) in [5.41, 5.74) is 1.17. The van der Waals surface area contributed by atoms with Crippen molar-refractivity contribution in [3.05, 3.63) is 29.8 Å². The summed E-state index contributed by atoms with van der Waals surface area (Å²) >= 11 is 0. The fourth-order valence-corrected chi connectivity index (χ4v) is 3.09. The monoisotopic (exact) mass is 476 g/mol. The third kappa shape index (κ3) is 7.67. The number of rotatable bonds is 9. The summed E-state index contributed by atoms with van der Waals surface area (Å²) in [5, 5.41) is 6.82. The zero-order valence-electron chi connectivity index (χ0n) is 16.2. The van der Waals surface area contributed by atoms with Crippen molar-refractivity contribution in [2.75, 3.05) is 47.0 Å². The maximum Gasteiger partial charge on any atom is 0.191 e. The summed E-state index contributed by atoms with van der Waals surface area (Å²) in [6, 6.07) is 8.60. The van der Waals surface area contributed by atoms with Crippen LogP contribution in [0.25, 0.3) is 0 Å². The van der Waals surface area contributed by atoms with E-state index in [1.807, 2.05) is 12.1 Å². The molecule has 0 aliphatic carbocycles. The van der Waals surface area contributed by atoms with Gasteiger partial charge in [-0.15, -0.1) is 24.0 Å². The van der Waals surface area contributed by atoms with E-state index in [9.17, 15) is 0 Å². The number of ether oxygens (including phenoxy) is 2. The molecule has 1 aliphatic heterocycles. The van der Waals surface area contributed by atoms with Crippen LogP contribution < -0.4 is 15.4 Å². The first-order chi connectivity index (χ1) is 12.3. The lowest BCUT2D eigenvalue weighted by Crippen LogP contribution is -2.45. The van der Waals surface area contributed by atoms with Crippen molar-refractivity contribution < 1.29 is 9.47 Å². The number of methoxy groups -OCH3 is 2. The minimum atomic E-state index is 0. The Morgan fingerprint density at radius 3 is 2.65 bits per heavy atom. The van der Waals surface area contributed by atoms with Gasteiger partial charge in [0, 0.05) is 32.8 Å². The highest BCUT2D eigenvalue weighted by molar-refractivity contribution is 14.0. The second kappa shape index (κ2) is 13.2. The average molecular weight is 476 g/mol. The fourth-order valence-electron chi connectivity index (χ4n) is 3.09. The van der Waals surface area contributed by atoms with Gasteiger partial charge in [-0.3, -0.25) is 4.90 Å². The first kappa shape index (κ1) is 23.0. The van der Waals surface area contributed by atoms with Crippen molar-refractivity contribution in [3.8, 4) is 5.75 Å². The lowest BCUT2D eigenvalue weighted by Gasteiger charge is -2.25. The Morgan fingerprint density at radius 1 is 1.23 bits per heavy atom. The smallest absolute Gasteiger partial charge is 0.191 e. The molecule has 26 heavy (non-hydrogen) atoms. The number of nitrogens with one attached hydrogen (secondary N) is 2. The standard InChI is InChI=1S/C19H32N4O2.HI/c1-4-20-19(21-14-16-7-9-18(25-3)10-8-16)22-15-17-6-5-11-23(17)12-13-24-2;/h7-10,17H,4-6,11-15H2,1-3H3,(H2,20,21,22);1H. The van der Waals surface area contributed by atoms with Gasteiger partial charge in [-0.2, -0.15) is 0 Å². The van der Waals surface area contributed by atoms with Gasteiger partial charge in [-0.05, 0) is 44.0 Å². The fraction of sp³-hybridized carbons (Fsp3) is 0.632. The third-order valence-electron chi connectivity index (χ3n) is 4.51. The molecular formula is C19H33IN4O2. The lowest BCUT2D eigenvalue weighted by molar-refractivity contribution is 0.141. The van der Waals surface area contributed by atoms with Crippen molar-refractivity contribution >= 4 is 29.9 Å². The van der Waals surface area contributed by atoms with Gasteiger partial charge in [0.2, 0.25) is 0 Å². The molecule has 2 rings (SSSR count). The Labute approximate surface area is 174 Å². The van der Waals surface area contributed by atoms with E-state index >= 15 is 0 Å². The Hall–Kier alpha value is -1.06. The zero-order chi connectivity index (χ0) is 17.9. The summed E-state index contributed by atoms with van der Waals surface area (Å²) in [4.78, 5) is 7.20. The first-order valence-corrected chi connectivity index (χ1v) is 9.15. The van der Waals surface area contributed by atoms with E-state index in [1.165, 1.54) is 18.4 Å². The molecule has 1 saturated heterocycles. The molecule has 0 saturated carbocycles. The highest BCUT2D eigenvalue weighted by Gasteiger charge is 2.23. The van der Waals surface area contributed by atoms with Crippen LogP contribution >= 0.6 is 24.0 Å². The minimum Gasteiger partial charge on any atom is -0.497 e. The Bertz CT molecular complexity index is 525. The van der Waals surface area contributed by atoms with Crippen LogP contribution in [0.5, 0.6) is 5.75 Å². The molecular weight excluding hydrogens is 443 g/mol. The molecule has 1 heterocycles. The van der Waals surface area contributed by atoms with E-state index in [2.05, 4.69) is 34.6 Å². The van der Waals surface area contributed by atoms with Gasteiger partial charge in [0.15, 0.2) is 5.96 Å². The Balaban J connectivity index is 0.00000338. The van der Waals surface area contributed by atoms with Crippen LogP contribution in [0.2, 0.25) is 0 Å². The minimum absolute atomic E-state index is 0. The van der Waals surface area contributed by atoms with Crippen molar-refractivity contribution in [2.24, 2.45) is 4.99 Å². The van der Waals surface area contributed by atoms with E-state index in [1.54, 1.807) is 14.2 Å². The molecule has 0 spiro atoms. The second-order valence-corrected chi connectivity index (χ2v) is 6.25. The summed E-state index contributed by atoms with van der Waals surface area (Å²) in [5.74, 6) is 1.74. The molecule has 1 unspecified atom stereocenters. The summed E-state index contributed by atoms with van der Waals surface area (Å²) in [6.07, 6.45) is 2.49. The molecule has 1 atom stereocenters. The number of likely N-dealkylation sites (tertiary alicyclic amines) is 1. The zero-order valence-corrected chi connectivity index (χ0v) is 18.5. The highest BCUT2D eigenvalue weighted by atomic mass is 127. The van der Waals surface area contributed by atoms with E-state index in [0.717, 1.165) is 44.5 Å². The first-order valence-electron chi connectivity index (χ1n) is 9.15. The normalized spacial score (nSPS) is 17.7. The van der Waals surface area contributed by atoms with Gasteiger partial charge in [-0.1, -0.05) is 12.1 Å². The second-order valence-electron chi connectivity index (χ2n) is 6.25. The third-order valence-corrected chi connectivity index (χ3v) is 4.51. The van der Waals surface area contributed by atoms with Crippen LogP contribution in [0.15, 0.2) is 29.3 Å². The Morgan fingerprint density at radius 2 is 2.00 bits per heavy atom. The van der Waals surface area contributed by atoms with Crippen molar-refractivity contribution in [2.45, 2.75) is 32.4 Å². The molecule has 7 heteroatoms. The number of hydrogen-bond donors (Lipinski definition) is 2. The molecule has 2 N–H and O–H groups in total. The number of halogens is 1. The maximum atomic E-state index is 5.21. The molecule has 0 aromatic heterocycles. The van der Waals surface area contributed by atoms with Crippen molar-refractivity contribution in [3.63, 3.8) is 0 Å². The van der Waals surface area contributed by atoms with Gasteiger partial charge in [0.25, 0.3) is 0 Å². The molecule has 6 nitrogen and oxygen atoms in total. The predicted octanol–water partition coefficient (Wildman–Crippen LogP) is 2.48. The van der Waals surface area contributed by atoms with Crippen LogP contribution in [-0.4, -0.2) is 63.9 Å². The molecule has 0 bridgehead atoms. The average Bonchev–Trinajstić information content (AvgIpc) is 3.10. The van der Waals surface area contributed by atoms with Crippen molar-refractivity contribution in [1.82, 2.24) is 15.5 Å². The Kier molecular flexibility index (Phi) is 11.6. The van der Waals surface area contributed by atoms with Gasteiger partial charge < -0.3 is 20.1 Å². The highest BCUT2D eigenvalue weighted by Crippen LogP contribution is 2.16. The van der Waals surface area contributed by atoms with Crippen LogP contribution in [-0.2, 0) is 11.3 Å². The van der Waals surface area contributed by atoms with Crippen LogP contribution in [0.3, 0.4) is 0 Å². The molecule has 0 radical (unpaired) electrons. The molecule has 0 amide bonds. The maximum absolute atomic E-state index is 5.21. The topological polar surface area (TPSA) is 58.1 Å². The van der Waals surface area contributed by atoms with Gasteiger partial charge >= 0.3 is 0 Å². The SMILES string of the molecule is CCNC(=NCc1ccc(OC)cc1)NCC1CCCN1CCOC.I. The van der Waals surface area contributed by atoms with Crippen LogP contribution in [0.4, 0.5) is 0 Å². The van der Waals surface area contributed by atoms with E-state index < -0.39 is 0 Å². The number of nitrogens with zero attached hydrogens (tertiary/aromatic N) is 2. The molecule has 1 aliphatic rings. The van der Waals surface area contributed by atoms with Crippen LogP contribution in [0.1, 0.15) is 25.3 Å². The number of hydrogen-bond acceptors (Lipinski definition) is 4. The van der Waals surface area contributed by atoms with Crippen LogP contribution in [0, 0.1) is 0 Å². The summed E-state index contributed by atoms with van der Waals surface area (Å²) in [7, 11) is 3.44. The van der Waals surface area contributed by atoms with Gasteiger partial charge in [0.05, 0.1) is 20.3 Å². The van der Waals surface area contributed by atoms with Crippen molar-refractivity contribution in [1.29, 1.82) is 0 Å². The number of aliphatic imine (C=N–C) groups is 1. The number of guanidine groups is 1. The molecule has 1 fully saturated rings. The van der Waals surface area contributed by atoms with E-state index in [-0.39, 0.29) is 24.0 Å². The lowest BCUT2D eigenvalue weighted by atomic mass is 10.2. The summed E-state index contributed by atoms with van der Waals surface area (Å²) in [6.45, 7) is 7.47. The molecule has 148 valence electrons. The summed E-state index contributed by atoms with van der Waals surface area (Å²) < 4.78 is 10.4. The predicted molar refractivity (Wildman–Crippen MR) is 118 cm³/mol. The van der Waals surface area contributed by atoms with Gasteiger partial charge in [0.1, 0.15) is 5.75 Å². The van der Waals surface area contributed by atoms with E-state index in [4.69, 9.17) is 14.5 Å². The quantitative estimate of drug-likeness (QED) is 0.326. The molecule has 1 aromatic rings.